The molecule has 0 radical (unpaired) electrons. The average molecular weight is 260 g/mol. The molecule has 92 valence electrons. The van der Waals surface area contributed by atoms with Crippen molar-refractivity contribution in [2.45, 2.75) is 13.8 Å². The van der Waals surface area contributed by atoms with Crippen LogP contribution < -0.4 is 5.32 Å². The Morgan fingerprint density at radius 3 is 2.22 bits per heavy atom. The third kappa shape index (κ3) is 2.54. The summed E-state index contributed by atoms with van der Waals surface area (Å²) in [5.74, 6) is -0.182. The smallest absolute Gasteiger partial charge is 0.257 e. The normalized spacial score (nSPS) is 10.2. The monoisotopic (exact) mass is 259 g/mol. The summed E-state index contributed by atoms with van der Waals surface area (Å²) in [6.45, 7) is 3.93. The first kappa shape index (κ1) is 12.7. The lowest BCUT2D eigenvalue weighted by atomic mass is 10.1. The van der Waals surface area contributed by atoms with Gasteiger partial charge in [-0.05, 0) is 37.1 Å². The van der Waals surface area contributed by atoms with Gasteiger partial charge in [0.1, 0.15) is 0 Å². The summed E-state index contributed by atoms with van der Waals surface area (Å²) >= 11 is 6.00. The van der Waals surface area contributed by atoms with E-state index in [9.17, 15) is 4.79 Å². The number of nitrogens with one attached hydrogen (secondary N) is 1. The molecule has 0 unspecified atom stereocenters. The number of aryl methyl sites for hydroxylation is 2. The third-order valence-corrected chi connectivity index (χ3v) is 3.17. The van der Waals surface area contributed by atoms with E-state index in [2.05, 4.69) is 5.32 Å². The average Bonchev–Trinajstić information content (AvgIpc) is 2.34. The topological polar surface area (TPSA) is 29.1 Å². The molecule has 2 nitrogen and oxygen atoms in total. The van der Waals surface area contributed by atoms with Gasteiger partial charge in [0.15, 0.2) is 0 Å². The number of hydrogen-bond donors (Lipinski definition) is 1. The molecular weight excluding hydrogens is 246 g/mol. The number of carbonyl (C=O) groups excluding carboxylic acids is 1. The van der Waals surface area contributed by atoms with E-state index in [1.165, 1.54) is 0 Å². The Balaban J connectivity index is 2.30. The van der Waals surface area contributed by atoms with E-state index in [-0.39, 0.29) is 5.91 Å². The van der Waals surface area contributed by atoms with E-state index >= 15 is 0 Å². The molecule has 1 N–H and O–H groups in total. The first-order valence-electron chi connectivity index (χ1n) is 5.71. The van der Waals surface area contributed by atoms with E-state index in [1.54, 1.807) is 24.3 Å². The van der Waals surface area contributed by atoms with Crippen molar-refractivity contribution in [2.24, 2.45) is 0 Å². The lowest BCUT2D eigenvalue weighted by molar-refractivity contribution is 0.102. The summed E-state index contributed by atoms with van der Waals surface area (Å²) in [5.41, 5.74) is 3.41. The predicted octanol–water partition coefficient (Wildman–Crippen LogP) is 4.21. The minimum Gasteiger partial charge on any atom is -0.321 e. The second-order valence-corrected chi connectivity index (χ2v) is 4.61. The predicted molar refractivity (Wildman–Crippen MR) is 75.3 cm³/mol. The number of para-hydroxylation sites is 1. The molecule has 1 amide bonds. The minimum atomic E-state index is -0.182. The fourth-order valence-electron chi connectivity index (χ4n) is 1.84. The molecule has 0 spiro atoms. The van der Waals surface area contributed by atoms with Crippen LogP contribution in [0.4, 0.5) is 5.69 Å². The summed E-state index contributed by atoms with van der Waals surface area (Å²) in [6.07, 6.45) is 0. The van der Waals surface area contributed by atoms with Gasteiger partial charge in [-0.15, -0.1) is 0 Å². The van der Waals surface area contributed by atoms with E-state index < -0.39 is 0 Å². The van der Waals surface area contributed by atoms with Crippen LogP contribution in [0.5, 0.6) is 0 Å². The van der Waals surface area contributed by atoms with Crippen LogP contribution in [0.15, 0.2) is 42.5 Å². The fourth-order valence-corrected chi connectivity index (χ4v) is 2.06. The Bertz CT molecular complexity index is 573. The summed E-state index contributed by atoms with van der Waals surface area (Å²) in [7, 11) is 0. The van der Waals surface area contributed by atoms with Crippen molar-refractivity contribution in [1.82, 2.24) is 0 Å². The van der Waals surface area contributed by atoms with Crippen LogP contribution in [0, 0.1) is 13.8 Å². The van der Waals surface area contributed by atoms with Gasteiger partial charge >= 0.3 is 0 Å². The number of anilines is 1. The quantitative estimate of drug-likeness (QED) is 0.860. The van der Waals surface area contributed by atoms with Gasteiger partial charge in [-0.3, -0.25) is 4.79 Å². The molecule has 0 aliphatic heterocycles. The summed E-state index contributed by atoms with van der Waals surface area (Å²) in [4.78, 5) is 12.1. The van der Waals surface area contributed by atoms with Gasteiger partial charge in [0.2, 0.25) is 0 Å². The van der Waals surface area contributed by atoms with Crippen LogP contribution in [0.2, 0.25) is 5.02 Å². The second-order valence-electron chi connectivity index (χ2n) is 4.20. The molecule has 0 aromatic heterocycles. The van der Waals surface area contributed by atoms with Gasteiger partial charge in [0.25, 0.3) is 5.91 Å². The second kappa shape index (κ2) is 5.23. The van der Waals surface area contributed by atoms with Crippen LogP contribution in [0.25, 0.3) is 0 Å². The van der Waals surface area contributed by atoms with Gasteiger partial charge in [0, 0.05) is 5.69 Å². The molecule has 0 fully saturated rings. The first-order chi connectivity index (χ1) is 8.59. The Kier molecular flexibility index (Phi) is 3.68. The standard InChI is InChI=1S/C15H14ClNO/c1-10-6-5-7-11(2)14(10)17-15(18)12-8-3-4-9-13(12)16/h3-9H,1-2H3,(H,17,18). The number of rotatable bonds is 2. The highest BCUT2D eigenvalue weighted by Crippen LogP contribution is 2.22. The number of amides is 1. The van der Waals surface area contributed by atoms with Crippen molar-refractivity contribution < 1.29 is 4.79 Å². The first-order valence-corrected chi connectivity index (χ1v) is 6.09. The number of benzene rings is 2. The van der Waals surface area contributed by atoms with Crippen LogP contribution in [0.1, 0.15) is 21.5 Å². The largest absolute Gasteiger partial charge is 0.321 e. The van der Waals surface area contributed by atoms with Crippen molar-refractivity contribution in [3.05, 3.63) is 64.2 Å². The van der Waals surface area contributed by atoms with Crippen molar-refractivity contribution in [3.8, 4) is 0 Å². The van der Waals surface area contributed by atoms with E-state index in [0.717, 1.165) is 16.8 Å². The Hall–Kier alpha value is -1.80. The Labute approximate surface area is 112 Å². The maximum absolute atomic E-state index is 12.1. The van der Waals surface area contributed by atoms with Crippen LogP contribution in [-0.2, 0) is 0 Å². The maximum atomic E-state index is 12.1. The van der Waals surface area contributed by atoms with Crippen molar-refractivity contribution >= 4 is 23.2 Å². The SMILES string of the molecule is Cc1cccc(C)c1NC(=O)c1ccccc1Cl. The molecule has 0 saturated heterocycles. The molecule has 0 atom stereocenters. The minimum absolute atomic E-state index is 0.182. The molecule has 0 bridgehead atoms. The zero-order valence-electron chi connectivity index (χ0n) is 10.3. The summed E-state index contributed by atoms with van der Waals surface area (Å²) in [6, 6.07) is 12.9. The van der Waals surface area contributed by atoms with Crippen LogP contribution in [0.3, 0.4) is 0 Å². The van der Waals surface area contributed by atoms with Crippen molar-refractivity contribution in [2.75, 3.05) is 5.32 Å². The van der Waals surface area contributed by atoms with Crippen molar-refractivity contribution in [3.63, 3.8) is 0 Å². The third-order valence-electron chi connectivity index (χ3n) is 2.84. The summed E-state index contributed by atoms with van der Waals surface area (Å²) < 4.78 is 0. The molecule has 18 heavy (non-hydrogen) atoms. The number of carbonyl (C=O) groups is 1. The molecule has 0 aliphatic carbocycles. The van der Waals surface area contributed by atoms with Gasteiger partial charge in [-0.2, -0.15) is 0 Å². The molecular formula is C15H14ClNO. The van der Waals surface area contributed by atoms with Gasteiger partial charge in [-0.1, -0.05) is 41.9 Å². The number of halogens is 1. The molecule has 2 rings (SSSR count). The highest BCUT2D eigenvalue weighted by Gasteiger charge is 2.11. The summed E-state index contributed by atoms with van der Waals surface area (Å²) in [5, 5.41) is 3.37. The highest BCUT2D eigenvalue weighted by atomic mass is 35.5. The zero-order valence-corrected chi connectivity index (χ0v) is 11.1. The fraction of sp³-hybridized carbons (Fsp3) is 0.133. The lowest BCUT2D eigenvalue weighted by Crippen LogP contribution is -2.14. The molecule has 0 heterocycles. The van der Waals surface area contributed by atoms with Gasteiger partial charge < -0.3 is 5.32 Å². The van der Waals surface area contributed by atoms with E-state index in [4.69, 9.17) is 11.6 Å². The van der Waals surface area contributed by atoms with Gasteiger partial charge in [-0.25, -0.2) is 0 Å². The van der Waals surface area contributed by atoms with E-state index in [1.807, 2.05) is 32.0 Å². The Morgan fingerprint density at radius 2 is 1.61 bits per heavy atom. The van der Waals surface area contributed by atoms with Crippen LogP contribution >= 0.6 is 11.6 Å². The van der Waals surface area contributed by atoms with E-state index in [0.29, 0.717) is 10.6 Å². The Morgan fingerprint density at radius 1 is 1.00 bits per heavy atom. The highest BCUT2D eigenvalue weighted by molar-refractivity contribution is 6.34. The maximum Gasteiger partial charge on any atom is 0.257 e. The lowest BCUT2D eigenvalue weighted by Gasteiger charge is -2.12. The number of hydrogen-bond acceptors (Lipinski definition) is 1. The molecule has 0 saturated carbocycles. The van der Waals surface area contributed by atoms with Crippen LogP contribution in [-0.4, -0.2) is 5.91 Å². The van der Waals surface area contributed by atoms with Crippen molar-refractivity contribution in [1.29, 1.82) is 0 Å². The molecule has 0 aliphatic rings. The molecule has 3 heteroatoms. The molecule has 2 aromatic rings. The zero-order chi connectivity index (χ0) is 13.1. The molecule has 2 aromatic carbocycles. The van der Waals surface area contributed by atoms with Gasteiger partial charge in [0.05, 0.1) is 10.6 Å².